The molecule has 0 aliphatic carbocycles. The van der Waals surface area contributed by atoms with Crippen molar-refractivity contribution in [3.05, 3.63) is 95.1 Å². The maximum absolute atomic E-state index is 12.9. The molecule has 1 saturated heterocycles. The minimum atomic E-state index is -0.210. The zero-order valence-electron chi connectivity index (χ0n) is 20.2. The molecule has 0 spiro atoms. The molecule has 1 heterocycles. The third-order valence-electron chi connectivity index (χ3n) is 6.17. The Kier molecular flexibility index (Phi) is 7.98. The lowest BCUT2D eigenvalue weighted by Gasteiger charge is -2.24. The molecule has 3 aromatic carbocycles. The monoisotopic (exact) mass is 490 g/mol. The van der Waals surface area contributed by atoms with Crippen LogP contribution in [0, 0.1) is 0 Å². The highest BCUT2D eigenvalue weighted by Gasteiger charge is 2.32. The van der Waals surface area contributed by atoms with Crippen molar-refractivity contribution in [2.75, 3.05) is 26.5 Å². The summed E-state index contributed by atoms with van der Waals surface area (Å²) in [5.41, 5.74) is 3.73. The Morgan fingerprint density at radius 3 is 2.43 bits per heavy atom. The van der Waals surface area contributed by atoms with Crippen LogP contribution in [0.1, 0.15) is 45.4 Å². The van der Waals surface area contributed by atoms with Gasteiger partial charge in [-0.2, -0.15) is 0 Å². The van der Waals surface area contributed by atoms with Gasteiger partial charge in [0.2, 0.25) is 5.91 Å². The molecule has 7 heteroatoms. The van der Waals surface area contributed by atoms with Gasteiger partial charge < -0.3 is 19.7 Å². The first-order chi connectivity index (χ1) is 17.0. The number of amides is 2. The Morgan fingerprint density at radius 2 is 1.74 bits per heavy atom. The largest absolute Gasteiger partial charge is 0.493 e. The summed E-state index contributed by atoms with van der Waals surface area (Å²) >= 11 is 1.63. The molecule has 0 bridgehead atoms. The third-order valence-corrected chi connectivity index (χ3v) is 7.42. The minimum absolute atomic E-state index is 0.0333. The first-order valence-electron chi connectivity index (χ1n) is 11.6. The van der Waals surface area contributed by atoms with Gasteiger partial charge >= 0.3 is 0 Å². The van der Waals surface area contributed by atoms with Crippen LogP contribution in [0.5, 0.6) is 11.5 Å². The fourth-order valence-corrected chi connectivity index (χ4v) is 5.37. The smallest absolute Gasteiger partial charge is 0.251 e. The summed E-state index contributed by atoms with van der Waals surface area (Å²) in [6, 6.07) is 23.1. The highest BCUT2D eigenvalue weighted by Crippen LogP contribution is 2.38. The highest BCUT2D eigenvalue weighted by atomic mass is 32.2. The molecule has 0 aromatic heterocycles. The van der Waals surface area contributed by atoms with E-state index in [4.69, 9.17) is 9.47 Å². The molecule has 1 fully saturated rings. The minimum Gasteiger partial charge on any atom is -0.493 e. The number of nitrogens with zero attached hydrogens (tertiary/aromatic N) is 1. The molecule has 1 N–H and O–H groups in total. The number of hydrogen-bond acceptors (Lipinski definition) is 5. The molecule has 1 aliphatic rings. The molecule has 2 atom stereocenters. The zero-order chi connectivity index (χ0) is 24.8. The Morgan fingerprint density at radius 1 is 1.03 bits per heavy atom. The SMILES string of the molecule is COc1ccc([C@@H](C)NC(=O)c2ccc([C@@H]3SCC(=O)N3CCc3ccccc3)cc2)cc1OC. The number of nitrogens with one attached hydrogen (secondary N) is 1. The average molecular weight is 491 g/mol. The second-order valence-corrected chi connectivity index (χ2v) is 9.49. The van der Waals surface area contributed by atoms with Crippen molar-refractivity contribution >= 4 is 23.6 Å². The van der Waals surface area contributed by atoms with Gasteiger partial charge in [0.15, 0.2) is 11.5 Å². The van der Waals surface area contributed by atoms with Gasteiger partial charge in [-0.25, -0.2) is 0 Å². The fraction of sp³-hybridized carbons (Fsp3) is 0.286. The predicted molar refractivity (Wildman–Crippen MR) is 139 cm³/mol. The quantitative estimate of drug-likeness (QED) is 0.457. The topological polar surface area (TPSA) is 67.9 Å². The lowest BCUT2D eigenvalue weighted by atomic mass is 10.1. The van der Waals surface area contributed by atoms with Crippen LogP contribution < -0.4 is 14.8 Å². The van der Waals surface area contributed by atoms with E-state index in [0.29, 0.717) is 29.4 Å². The van der Waals surface area contributed by atoms with Gasteiger partial charge in [0.05, 0.1) is 26.0 Å². The molecule has 35 heavy (non-hydrogen) atoms. The fourth-order valence-electron chi connectivity index (χ4n) is 4.15. The van der Waals surface area contributed by atoms with Crippen molar-refractivity contribution in [3.8, 4) is 11.5 Å². The molecule has 3 aromatic rings. The van der Waals surface area contributed by atoms with Crippen LogP contribution in [-0.4, -0.2) is 43.2 Å². The van der Waals surface area contributed by atoms with E-state index < -0.39 is 0 Å². The van der Waals surface area contributed by atoms with Crippen LogP contribution in [0.3, 0.4) is 0 Å². The summed E-state index contributed by atoms with van der Waals surface area (Å²) in [6.45, 7) is 2.60. The van der Waals surface area contributed by atoms with Crippen molar-refractivity contribution in [1.82, 2.24) is 10.2 Å². The number of carbonyl (C=O) groups is 2. The second-order valence-electron chi connectivity index (χ2n) is 8.42. The molecular weight excluding hydrogens is 460 g/mol. The van der Waals surface area contributed by atoms with Gasteiger partial charge in [0.1, 0.15) is 5.37 Å². The van der Waals surface area contributed by atoms with Crippen molar-refractivity contribution in [3.63, 3.8) is 0 Å². The van der Waals surface area contributed by atoms with Crippen molar-refractivity contribution in [2.45, 2.75) is 24.8 Å². The Hall–Kier alpha value is -3.45. The lowest BCUT2D eigenvalue weighted by Crippen LogP contribution is -2.30. The second kappa shape index (κ2) is 11.3. The van der Waals surface area contributed by atoms with Gasteiger partial charge in [-0.3, -0.25) is 9.59 Å². The Labute approximate surface area is 210 Å². The van der Waals surface area contributed by atoms with Crippen LogP contribution in [0.4, 0.5) is 0 Å². The van der Waals surface area contributed by atoms with Crippen LogP contribution in [0.15, 0.2) is 72.8 Å². The van der Waals surface area contributed by atoms with E-state index in [0.717, 1.165) is 17.5 Å². The Bertz CT molecular complexity index is 1170. The first kappa shape index (κ1) is 24.7. The van der Waals surface area contributed by atoms with Crippen LogP contribution in [-0.2, 0) is 11.2 Å². The summed E-state index contributed by atoms with van der Waals surface area (Å²) in [6.07, 6.45) is 0.818. The zero-order valence-corrected chi connectivity index (χ0v) is 21.0. The molecule has 6 nitrogen and oxygen atoms in total. The van der Waals surface area contributed by atoms with Gasteiger partial charge in [0.25, 0.3) is 5.91 Å². The van der Waals surface area contributed by atoms with Crippen LogP contribution >= 0.6 is 11.8 Å². The summed E-state index contributed by atoms with van der Waals surface area (Å²) in [4.78, 5) is 27.3. The normalized spacial score (nSPS) is 16.1. The van der Waals surface area contributed by atoms with Gasteiger partial charge in [-0.05, 0) is 54.3 Å². The number of thioether (sulfide) groups is 1. The molecule has 4 rings (SSSR count). The van der Waals surface area contributed by atoms with Gasteiger partial charge in [0, 0.05) is 12.1 Å². The maximum Gasteiger partial charge on any atom is 0.251 e. The molecule has 1 aliphatic heterocycles. The van der Waals surface area contributed by atoms with Crippen molar-refractivity contribution in [2.24, 2.45) is 0 Å². The lowest BCUT2D eigenvalue weighted by molar-refractivity contribution is -0.128. The summed E-state index contributed by atoms with van der Waals surface area (Å²) < 4.78 is 10.7. The van der Waals surface area contributed by atoms with Crippen LogP contribution in [0.2, 0.25) is 0 Å². The first-order valence-corrected chi connectivity index (χ1v) is 12.6. The molecule has 0 saturated carbocycles. The van der Waals surface area contributed by atoms with E-state index in [9.17, 15) is 9.59 Å². The third kappa shape index (κ3) is 5.80. The van der Waals surface area contributed by atoms with E-state index in [1.807, 2.05) is 72.5 Å². The summed E-state index contributed by atoms with van der Waals surface area (Å²) in [5.74, 6) is 1.74. The van der Waals surface area contributed by atoms with E-state index in [1.54, 1.807) is 26.0 Å². The number of methoxy groups -OCH3 is 2. The molecule has 0 unspecified atom stereocenters. The summed E-state index contributed by atoms with van der Waals surface area (Å²) in [7, 11) is 3.18. The number of carbonyl (C=O) groups excluding carboxylic acids is 2. The van der Waals surface area contributed by atoms with Gasteiger partial charge in [-0.1, -0.05) is 48.5 Å². The molecule has 182 valence electrons. The molecule has 2 amide bonds. The average Bonchev–Trinajstić information content (AvgIpc) is 3.27. The van der Waals surface area contributed by atoms with E-state index in [2.05, 4.69) is 17.4 Å². The van der Waals surface area contributed by atoms with E-state index >= 15 is 0 Å². The number of ether oxygens (including phenoxy) is 2. The number of benzene rings is 3. The predicted octanol–water partition coefficient (Wildman–Crippen LogP) is 5.01. The number of hydrogen-bond donors (Lipinski definition) is 1. The van der Waals surface area contributed by atoms with Gasteiger partial charge in [-0.15, -0.1) is 11.8 Å². The highest BCUT2D eigenvalue weighted by molar-refractivity contribution is 8.00. The Balaban J connectivity index is 1.40. The van der Waals surface area contributed by atoms with Crippen molar-refractivity contribution in [1.29, 1.82) is 0 Å². The standard InChI is InChI=1S/C28H30N2O4S/c1-19(23-13-14-24(33-2)25(17-23)34-3)29-27(32)21-9-11-22(12-10-21)28-30(26(31)18-35-28)16-15-20-7-5-4-6-8-20/h4-14,17,19,28H,15-16,18H2,1-3H3,(H,29,32)/t19-,28+/m1/s1. The van der Waals surface area contributed by atoms with E-state index in [1.165, 1.54) is 5.56 Å². The molecule has 0 radical (unpaired) electrons. The van der Waals surface area contributed by atoms with Crippen LogP contribution in [0.25, 0.3) is 0 Å². The molecular formula is C28H30N2O4S. The van der Waals surface area contributed by atoms with E-state index in [-0.39, 0.29) is 23.2 Å². The number of rotatable bonds is 9. The van der Waals surface area contributed by atoms with Crippen molar-refractivity contribution < 1.29 is 19.1 Å². The maximum atomic E-state index is 12.9. The summed E-state index contributed by atoms with van der Waals surface area (Å²) in [5, 5.41) is 3.01.